The number of hydrogen-bond acceptors (Lipinski definition) is 6. The number of carbonyl (C=O) groups is 2. The van der Waals surface area contributed by atoms with Gasteiger partial charge in [-0.2, -0.15) is 4.31 Å². The minimum absolute atomic E-state index is 0.0172. The summed E-state index contributed by atoms with van der Waals surface area (Å²) < 4.78 is 34.8. The molecule has 0 spiro atoms. The molecule has 2 saturated heterocycles. The molecule has 4 rings (SSSR count). The van der Waals surface area contributed by atoms with Crippen LogP contribution in [0.1, 0.15) is 56.3 Å². The number of ether oxygens (including phenoxy) is 1. The molecule has 1 atom stereocenters. The fourth-order valence-electron chi connectivity index (χ4n) is 4.99. The number of esters is 1. The molecule has 1 aromatic carbocycles. The third-order valence-corrected chi connectivity index (χ3v) is 8.80. The Balaban J connectivity index is 1.72. The summed E-state index contributed by atoms with van der Waals surface area (Å²) in [6.07, 6.45) is 5.46. The van der Waals surface area contributed by atoms with Crippen LogP contribution in [0.2, 0.25) is 0 Å². The number of benzene rings is 1. The van der Waals surface area contributed by atoms with Crippen molar-refractivity contribution in [2.45, 2.75) is 57.4 Å². The summed E-state index contributed by atoms with van der Waals surface area (Å²) in [4.78, 5) is 40.7. The Labute approximate surface area is 205 Å². The summed E-state index contributed by atoms with van der Waals surface area (Å²) >= 11 is 0. The van der Waals surface area contributed by atoms with E-state index in [-0.39, 0.29) is 35.0 Å². The Bertz CT molecular complexity index is 1280. The summed E-state index contributed by atoms with van der Waals surface area (Å²) in [7, 11) is -3.73. The molecule has 0 aliphatic carbocycles. The average Bonchev–Trinajstić information content (AvgIpc) is 2.89. The van der Waals surface area contributed by atoms with E-state index >= 15 is 0 Å². The predicted octanol–water partition coefficient (Wildman–Crippen LogP) is 2.61. The van der Waals surface area contributed by atoms with Gasteiger partial charge in [0, 0.05) is 44.3 Å². The monoisotopic (exact) mass is 503 g/mol. The van der Waals surface area contributed by atoms with Crippen molar-refractivity contribution in [3.8, 4) is 0 Å². The minimum atomic E-state index is -3.73. The number of pyridine rings is 1. The van der Waals surface area contributed by atoms with E-state index in [1.807, 2.05) is 6.92 Å². The maximum absolute atomic E-state index is 13.5. The van der Waals surface area contributed by atoms with Crippen LogP contribution in [0.4, 0.5) is 0 Å². The smallest absolute Gasteiger partial charge is 0.310 e. The molecule has 1 aromatic heterocycles. The van der Waals surface area contributed by atoms with E-state index in [1.54, 1.807) is 23.8 Å². The third-order valence-electron chi connectivity index (χ3n) is 6.90. The van der Waals surface area contributed by atoms with Gasteiger partial charge in [-0.15, -0.1) is 0 Å². The molecule has 2 fully saturated rings. The number of piperidine rings is 2. The molecule has 3 heterocycles. The van der Waals surface area contributed by atoms with Crippen LogP contribution < -0.4 is 5.43 Å². The number of nitrogens with zero attached hydrogens (tertiary/aromatic N) is 3. The number of aromatic nitrogens is 1. The van der Waals surface area contributed by atoms with E-state index in [9.17, 15) is 22.8 Å². The van der Waals surface area contributed by atoms with E-state index in [4.69, 9.17) is 4.74 Å². The Morgan fingerprint density at radius 1 is 1.06 bits per heavy atom. The van der Waals surface area contributed by atoms with Crippen LogP contribution in [0.5, 0.6) is 0 Å². The largest absolute Gasteiger partial charge is 0.466 e. The first-order valence-corrected chi connectivity index (χ1v) is 13.8. The molecule has 2 aliphatic heterocycles. The van der Waals surface area contributed by atoms with Crippen molar-refractivity contribution >= 4 is 32.8 Å². The van der Waals surface area contributed by atoms with Crippen molar-refractivity contribution in [1.29, 1.82) is 0 Å². The molecule has 2 aliphatic rings. The second-order valence-corrected chi connectivity index (χ2v) is 11.1. The molecular formula is C25H33N3O6S. The Hall–Kier alpha value is -2.72. The molecule has 0 unspecified atom stereocenters. The first-order valence-electron chi connectivity index (χ1n) is 12.4. The zero-order valence-electron chi connectivity index (χ0n) is 20.4. The molecule has 190 valence electrons. The molecule has 1 amide bonds. The van der Waals surface area contributed by atoms with Gasteiger partial charge in [-0.25, -0.2) is 8.42 Å². The highest BCUT2D eigenvalue weighted by atomic mass is 32.2. The zero-order chi connectivity index (χ0) is 25.2. The van der Waals surface area contributed by atoms with Crippen LogP contribution in [0, 0.1) is 5.92 Å². The highest BCUT2D eigenvalue weighted by Gasteiger charge is 2.32. The second-order valence-electron chi connectivity index (χ2n) is 9.14. The molecule has 0 N–H and O–H groups in total. The maximum atomic E-state index is 13.5. The fraction of sp³-hybridized carbons (Fsp3) is 0.560. The van der Waals surface area contributed by atoms with E-state index in [1.165, 1.54) is 21.3 Å². The lowest BCUT2D eigenvalue weighted by atomic mass is 9.97. The van der Waals surface area contributed by atoms with E-state index in [0.29, 0.717) is 44.5 Å². The molecule has 0 saturated carbocycles. The van der Waals surface area contributed by atoms with Gasteiger partial charge in [0.15, 0.2) is 0 Å². The van der Waals surface area contributed by atoms with Crippen LogP contribution in [0.15, 0.2) is 34.1 Å². The molecule has 10 heteroatoms. The first-order chi connectivity index (χ1) is 16.8. The van der Waals surface area contributed by atoms with Gasteiger partial charge in [0.2, 0.25) is 15.5 Å². The normalized spacial score (nSPS) is 19.6. The SMILES string of the molecule is CCOC(=O)[C@@H]1CCCN(C(=O)c2cn(CC)c3ccc(S(=O)(=O)N4CCCCC4)cc3c2=O)C1. The van der Waals surface area contributed by atoms with Gasteiger partial charge in [0.1, 0.15) is 5.56 Å². The number of carbonyl (C=O) groups excluding carboxylic acids is 2. The van der Waals surface area contributed by atoms with Crippen molar-refractivity contribution < 1.29 is 22.7 Å². The highest BCUT2D eigenvalue weighted by Crippen LogP contribution is 2.25. The predicted molar refractivity (Wildman–Crippen MR) is 132 cm³/mol. The standard InChI is InChI=1S/C25H33N3O6S/c1-3-26-17-21(24(30)27-12-8-9-18(16-27)25(31)34-4-2)23(29)20-15-19(10-11-22(20)26)35(32,33)28-13-6-5-7-14-28/h10-11,15,17-18H,3-9,12-14,16H2,1-2H3/t18-/m1/s1. The summed E-state index contributed by atoms with van der Waals surface area (Å²) in [5, 5.41) is 0.203. The third kappa shape index (κ3) is 4.99. The Kier molecular flexibility index (Phi) is 7.61. The number of hydrogen-bond donors (Lipinski definition) is 0. The lowest BCUT2D eigenvalue weighted by Gasteiger charge is -2.31. The summed E-state index contributed by atoms with van der Waals surface area (Å²) in [6.45, 7) is 5.99. The number of likely N-dealkylation sites (tertiary alicyclic amines) is 1. The Morgan fingerprint density at radius 3 is 2.49 bits per heavy atom. The van der Waals surface area contributed by atoms with Gasteiger partial charge in [0.05, 0.1) is 22.9 Å². The van der Waals surface area contributed by atoms with Gasteiger partial charge < -0.3 is 14.2 Å². The summed E-state index contributed by atoms with van der Waals surface area (Å²) in [6, 6.07) is 4.58. The Morgan fingerprint density at radius 2 is 1.80 bits per heavy atom. The summed E-state index contributed by atoms with van der Waals surface area (Å²) in [5.41, 5.74) is 0.0646. The minimum Gasteiger partial charge on any atom is -0.466 e. The van der Waals surface area contributed by atoms with Crippen LogP contribution in [0.25, 0.3) is 10.9 Å². The number of aryl methyl sites for hydroxylation is 1. The van der Waals surface area contributed by atoms with Crippen molar-refractivity contribution in [2.24, 2.45) is 5.92 Å². The number of fused-ring (bicyclic) bond motifs is 1. The molecule has 9 nitrogen and oxygen atoms in total. The van der Waals surface area contributed by atoms with Gasteiger partial charge in [-0.1, -0.05) is 6.42 Å². The fourth-order valence-corrected chi connectivity index (χ4v) is 6.53. The van der Waals surface area contributed by atoms with Gasteiger partial charge in [0.25, 0.3) is 5.91 Å². The highest BCUT2D eigenvalue weighted by molar-refractivity contribution is 7.89. The van der Waals surface area contributed by atoms with Gasteiger partial charge in [-0.3, -0.25) is 14.4 Å². The van der Waals surface area contributed by atoms with Crippen LogP contribution in [-0.4, -0.2) is 66.9 Å². The number of amides is 1. The number of sulfonamides is 1. The van der Waals surface area contributed by atoms with Crippen LogP contribution >= 0.6 is 0 Å². The molecule has 2 aromatic rings. The van der Waals surface area contributed by atoms with Crippen LogP contribution in [0.3, 0.4) is 0 Å². The van der Waals surface area contributed by atoms with Gasteiger partial charge in [-0.05, 0) is 57.7 Å². The average molecular weight is 504 g/mol. The quantitative estimate of drug-likeness (QED) is 0.561. The lowest BCUT2D eigenvalue weighted by molar-refractivity contribution is -0.149. The topological polar surface area (TPSA) is 106 Å². The van der Waals surface area contributed by atoms with Crippen molar-refractivity contribution in [2.75, 3.05) is 32.8 Å². The van der Waals surface area contributed by atoms with E-state index in [2.05, 4.69) is 0 Å². The zero-order valence-corrected chi connectivity index (χ0v) is 21.2. The van der Waals surface area contributed by atoms with E-state index < -0.39 is 27.3 Å². The van der Waals surface area contributed by atoms with Gasteiger partial charge >= 0.3 is 5.97 Å². The molecular weight excluding hydrogens is 470 g/mol. The van der Waals surface area contributed by atoms with Crippen molar-refractivity contribution in [1.82, 2.24) is 13.8 Å². The van der Waals surface area contributed by atoms with Crippen molar-refractivity contribution in [3.05, 3.63) is 40.2 Å². The summed E-state index contributed by atoms with van der Waals surface area (Å²) in [5.74, 6) is -1.19. The first kappa shape index (κ1) is 25.4. The molecule has 0 radical (unpaired) electrons. The number of rotatable bonds is 6. The lowest BCUT2D eigenvalue weighted by Crippen LogP contribution is -2.44. The van der Waals surface area contributed by atoms with Crippen LogP contribution in [-0.2, 0) is 26.1 Å². The second kappa shape index (κ2) is 10.5. The van der Waals surface area contributed by atoms with E-state index in [0.717, 1.165) is 19.3 Å². The van der Waals surface area contributed by atoms with Crippen molar-refractivity contribution in [3.63, 3.8) is 0 Å². The maximum Gasteiger partial charge on any atom is 0.310 e. The molecule has 0 bridgehead atoms. The molecule has 35 heavy (non-hydrogen) atoms.